The van der Waals surface area contributed by atoms with Crippen molar-refractivity contribution in [2.75, 3.05) is 0 Å². The van der Waals surface area contributed by atoms with E-state index < -0.39 is 0 Å². The summed E-state index contributed by atoms with van der Waals surface area (Å²) in [5.74, 6) is 0. The van der Waals surface area contributed by atoms with E-state index >= 15 is 0 Å². The van der Waals surface area contributed by atoms with Crippen LogP contribution in [0.25, 0.3) is 0 Å². The van der Waals surface area contributed by atoms with Crippen molar-refractivity contribution >= 4 is 0 Å². The lowest BCUT2D eigenvalue weighted by Gasteiger charge is -2.59. The van der Waals surface area contributed by atoms with Crippen molar-refractivity contribution in [1.82, 2.24) is 0 Å². The van der Waals surface area contributed by atoms with Crippen LogP contribution in [-0.2, 0) is 0 Å². The van der Waals surface area contributed by atoms with Gasteiger partial charge < -0.3 is 0 Å². The second-order valence-corrected chi connectivity index (χ2v) is 12.2. The van der Waals surface area contributed by atoms with E-state index in [9.17, 15) is 0 Å². The third-order valence-electron chi connectivity index (χ3n) is 6.49. The van der Waals surface area contributed by atoms with Gasteiger partial charge in [-0.15, -0.1) is 0 Å². The molecule has 1 aliphatic carbocycles. The molecule has 152 valence electrons. The fourth-order valence-corrected chi connectivity index (χ4v) is 6.59. The van der Waals surface area contributed by atoms with E-state index in [1.54, 1.807) is 0 Å². The Morgan fingerprint density at radius 1 is 0.520 bits per heavy atom. The summed E-state index contributed by atoms with van der Waals surface area (Å²) in [7, 11) is 0. The molecule has 0 spiro atoms. The van der Waals surface area contributed by atoms with E-state index in [1.807, 2.05) is 13.8 Å². The molecule has 0 N–H and O–H groups in total. The molecular formula is C25H52. The second-order valence-electron chi connectivity index (χ2n) is 12.2. The van der Waals surface area contributed by atoms with Crippen molar-refractivity contribution in [2.45, 2.75) is 134 Å². The molecule has 0 aliphatic heterocycles. The monoisotopic (exact) mass is 352 g/mol. The zero-order valence-electron chi connectivity index (χ0n) is 20.2. The standard InChI is InChI=1S/C23H46.C2H6/c1-19(2,3)17-21(7,8)23(15-13-11-12-14-16-23)22(9,10)18-20(4,5)6;1-2/h11-18H2,1-10H3;1-2H3. The highest BCUT2D eigenvalue weighted by molar-refractivity contribution is 5.04. The molecule has 0 aromatic carbocycles. The molecule has 0 heterocycles. The molecule has 0 bridgehead atoms. The first-order chi connectivity index (χ1) is 11.1. The normalized spacial score (nSPS) is 19.7. The van der Waals surface area contributed by atoms with Gasteiger partial charge in [-0.25, -0.2) is 0 Å². The lowest BCUT2D eigenvalue weighted by atomic mass is 9.45. The molecule has 0 saturated heterocycles. The minimum absolute atomic E-state index is 0.393. The summed E-state index contributed by atoms with van der Waals surface area (Å²) in [5.41, 5.74) is 2.06. The van der Waals surface area contributed by atoms with Gasteiger partial charge >= 0.3 is 0 Å². The van der Waals surface area contributed by atoms with Gasteiger partial charge in [-0.2, -0.15) is 0 Å². The minimum atomic E-state index is 0.393. The van der Waals surface area contributed by atoms with Crippen molar-refractivity contribution in [3.8, 4) is 0 Å². The first-order valence-corrected chi connectivity index (χ1v) is 11.1. The molecule has 0 radical (unpaired) electrons. The first-order valence-electron chi connectivity index (χ1n) is 11.1. The molecule has 1 fully saturated rings. The molecule has 0 amide bonds. The van der Waals surface area contributed by atoms with Crippen LogP contribution in [-0.4, -0.2) is 0 Å². The Kier molecular flexibility index (Phi) is 8.79. The van der Waals surface area contributed by atoms with Crippen molar-refractivity contribution in [2.24, 2.45) is 27.1 Å². The molecule has 0 aromatic heterocycles. The van der Waals surface area contributed by atoms with Crippen LogP contribution in [0.5, 0.6) is 0 Å². The molecule has 0 heteroatoms. The quantitative estimate of drug-likeness (QED) is 0.442. The van der Waals surface area contributed by atoms with Crippen LogP contribution >= 0.6 is 0 Å². The number of hydrogen-bond donors (Lipinski definition) is 0. The minimum Gasteiger partial charge on any atom is -0.0683 e. The van der Waals surface area contributed by atoms with Crippen LogP contribution in [0.3, 0.4) is 0 Å². The molecule has 0 nitrogen and oxygen atoms in total. The van der Waals surface area contributed by atoms with Gasteiger partial charge in [0.05, 0.1) is 0 Å². The lowest BCUT2D eigenvalue weighted by Crippen LogP contribution is -2.51. The molecule has 0 atom stereocenters. The topological polar surface area (TPSA) is 0 Å². The molecular weight excluding hydrogens is 300 g/mol. The van der Waals surface area contributed by atoms with Gasteiger partial charge in [0.25, 0.3) is 0 Å². The zero-order valence-corrected chi connectivity index (χ0v) is 20.2. The van der Waals surface area contributed by atoms with Crippen molar-refractivity contribution in [3.05, 3.63) is 0 Å². The van der Waals surface area contributed by atoms with E-state index in [4.69, 9.17) is 0 Å². The van der Waals surface area contributed by atoms with Gasteiger partial charge in [-0.1, -0.05) is 109 Å². The van der Waals surface area contributed by atoms with E-state index in [0.717, 1.165) is 0 Å². The maximum Gasteiger partial charge on any atom is -0.0195 e. The van der Waals surface area contributed by atoms with Gasteiger partial charge in [-0.3, -0.25) is 0 Å². The number of rotatable bonds is 4. The Morgan fingerprint density at radius 3 is 1.04 bits per heavy atom. The summed E-state index contributed by atoms with van der Waals surface area (Å²) in [5, 5.41) is 0. The summed E-state index contributed by atoms with van der Waals surface area (Å²) in [4.78, 5) is 0. The molecule has 25 heavy (non-hydrogen) atoms. The van der Waals surface area contributed by atoms with E-state index in [-0.39, 0.29) is 0 Å². The largest absolute Gasteiger partial charge is 0.0683 e. The predicted molar refractivity (Wildman–Crippen MR) is 117 cm³/mol. The average molecular weight is 353 g/mol. The van der Waals surface area contributed by atoms with E-state index in [2.05, 4.69) is 69.2 Å². The highest BCUT2D eigenvalue weighted by Crippen LogP contribution is 2.64. The van der Waals surface area contributed by atoms with Crippen LogP contribution in [0.2, 0.25) is 0 Å². The lowest BCUT2D eigenvalue weighted by molar-refractivity contribution is -0.101. The summed E-state index contributed by atoms with van der Waals surface area (Å²) in [6, 6.07) is 0. The van der Waals surface area contributed by atoms with Crippen LogP contribution in [0.4, 0.5) is 0 Å². The van der Waals surface area contributed by atoms with Crippen molar-refractivity contribution < 1.29 is 0 Å². The fraction of sp³-hybridized carbons (Fsp3) is 1.00. The Hall–Kier alpha value is 0. The van der Waals surface area contributed by atoms with Gasteiger partial charge in [0.15, 0.2) is 0 Å². The van der Waals surface area contributed by atoms with Gasteiger partial charge in [-0.05, 0) is 52.8 Å². The summed E-state index contributed by atoms with van der Waals surface area (Å²) < 4.78 is 0. The molecule has 0 aromatic rings. The molecule has 1 rings (SSSR count). The maximum atomic E-state index is 2.59. The molecule has 1 saturated carbocycles. The van der Waals surface area contributed by atoms with Gasteiger partial charge in [0.1, 0.15) is 0 Å². The summed E-state index contributed by atoms with van der Waals surface area (Å²) in [6.45, 7) is 28.9. The maximum absolute atomic E-state index is 2.59. The predicted octanol–water partition coefficient (Wildman–Crippen LogP) is 9.28. The van der Waals surface area contributed by atoms with Crippen LogP contribution < -0.4 is 0 Å². The van der Waals surface area contributed by atoms with E-state index in [0.29, 0.717) is 27.1 Å². The highest BCUT2D eigenvalue weighted by atomic mass is 14.6. The first kappa shape index (κ1) is 25.0. The van der Waals surface area contributed by atoms with Crippen molar-refractivity contribution in [3.63, 3.8) is 0 Å². The SMILES string of the molecule is CC.CC(C)(C)CC(C)(C)C1(C(C)(C)CC(C)(C)C)CCCCCC1. The van der Waals surface area contributed by atoms with Gasteiger partial charge in [0.2, 0.25) is 0 Å². The molecule has 0 unspecified atom stereocenters. The van der Waals surface area contributed by atoms with E-state index in [1.165, 1.54) is 51.4 Å². The Labute approximate surface area is 161 Å². The average Bonchev–Trinajstić information content (AvgIpc) is 2.62. The fourth-order valence-electron chi connectivity index (χ4n) is 6.59. The Bertz CT molecular complexity index is 332. The summed E-state index contributed by atoms with van der Waals surface area (Å²) in [6.07, 6.45) is 11.3. The zero-order chi connectivity index (χ0) is 20.2. The smallest absolute Gasteiger partial charge is 0.0195 e. The van der Waals surface area contributed by atoms with Crippen LogP contribution in [0.1, 0.15) is 134 Å². The third kappa shape index (κ3) is 6.91. The third-order valence-corrected chi connectivity index (χ3v) is 6.49. The highest BCUT2D eigenvalue weighted by Gasteiger charge is 2.55. The molecule has 1 aliphatic rings. The van der Waals surface area contributed by atoms with Gasteiger partial charge in [0, 0.05) is 0 Å². The van der Waals surface area contributed by atoms with Crippen LogP contribution in [0.15, 0.2) is 0 Å². The van der Waals surface area contributed by atoms with Crippen molar-refractivity contribution in [1.29, 1.82) is 0 Å². The Morgan fingerprint density at radius 2 is 0.800 bits per heavy atom. The number of hydrogen-bond acceptors (Lipinski definition) is 0. The second kappa shape index (κ2) is 8.79. The Balaban J connectivity index is 0.00000277. The van der Waals surface area contributed by atoms with Crippen LogP contribution in [0, 0.1) is 27.1 Å². The summed E-state index contributed by atoms with van der Waals surface area (Å²) >= 11 is 0.